The molecule has 0 amide bonds. The molecule has 0 aliphatic carbocycles. The van der Waals surface area contributed by atoms with E-state index in [1.807, 2.05) is 0 Å². The number of alkyl halides is 3. The van der Waals surface area contributed by atoms with E-state index < -0.39 is 11.7 Å². The van der Waals surface area contributed by atoms with Gasteiger partial charge >= 0.3 is 6.18 Å². The summed E-state index contributed by atoms with van der Waals surface area (Å²) < 4.78 is 37.7. The predicted molar refractivity (Wildman–Crippen MR) is 83.0 cm³/mol. The molecule has 0 aliphatic rings. The van der Waals surface area contributed by atoms with E-state index in [4.69, 9.17) is 23.2 Å². The Bertz CT molecular complexity index is 720. The number of nitrogens with zero attached hydrogens (tertiary/aromatic N) is 3. The van der Waals surface area contributed by atoms with Crippen molar-refractivity contribution in [3.63, 3.8) is 0 Å². The number of aromatic nitrogens is 3. The van der Waals surface area contributed by atoms with Gasteiger partial charge in [0.05, 0.1) is 22.0 Å². The lowest BCUT2D eigenvalue weighted by Crippen LogP contribution is -2.11. The molecule has 124 valence electrons. The quantitative estimate of drug-likeness (QED) is 0.869. The Kier molecular flexibility index (Phi) is 5.31. The van der Waals surface area contributed by atoms with Crippen LogP contribution in [0.15, 0.2) is 12.3 Å². The summed E-state index contributed by atoms with van der Waals surface area (Å²) in [4.78, 5) is 12.1. The van der Waals surface area contributed by atoms with Gasteiger partial charge in [-0.1, -0.05) is 23.2 Å². The molecule has 2 heterocycles. The van der Waals surface area contributed by atoms with Crippen LogP contribution in [0.2, 0.25) is 10.0 Å². The zero-order valence-electron chi connectivity index (χ0n) is 12.3. The lowest BCUT2D eigenvalue weighted by molar-refractivity contribution is -0.137. The average Bonchev–Trinajstić information content (AvgIpc) is 2.44. The largest absolute Gasteiger partial charge is 0.417 e. The Morgan fingerprint density at radius 2 is 1.87 bits per heavy atom. The molecule has 1 N–H and O–H groups in total. The first-order valence-electron chi connectivity index (χ1n) is 6.64. The normalized spacial score (nSPS) is 11.6. The van der Waals surface area contributed by atoms with Crippen molar-refractivity contribution in [2.75, 3.05) is 11.9 Å². The minimum atomic E-state index is -4.46. The Labute approximate surface area is 141 Å². The summed E-state index contributed by atoms with van der Waals surface area (Å²) in [6.45, 7) is 3.87. The van der Waals surface area contributed by atoms with E-state index in [2.05, 4.69) is 20.3 Å². The maximum atomic E-state index is 12.6. The molecule has 9 heteroatoms. The van der Waals surface area contributed by atoms with E-state index in [-0.39, 0.29) is 5.02 Å². The van der Waals surface area contributed by atoms with Crippen molar-refractivity contribution < 1.29 is 13.2 Å². The minimum absolute atomic E-state index is 0.0252. The van der Waals surface area contributed by atoms with E-state index >= 15 is 0 Å². The summed E-state index contributed by atoms with van der Waals surface area (Å²) in [5.41, 5.74) is 0.141. The first-order chi connectivity index (χ1) is 10.7. The fourth-order valence-electron chi connectivity index (χ4n) is 1.92. The summed E-state index contributed by atoms with van der Waals surface area (Å²) >= 11 is 12.0. The highest BCUT2D eigenvalue weighted by molar-refractivity contribution is 6.33. The lowest BCUT2D eigenvalue weighted by atomic mass is 10.2. The molecule has 0 radical (unpaired) electrons. The van der Waals surface area contributed by atoms with Crippen molar-refractivity contribution in [3.8, 4) is 0 Å². The van der Waals surface area contributed by atoms with Crippen molar-refractivity contribution in [1.29, 1.82) is 0 Å². The van der Waals surface area contributed by atoms with Gasteiger partial charge in [0.2, 0.25) is 0 Å². The highest BCUT2D eigenvalue weighted by Crippen LogP contribution is 2.31. The van der Waals surface area contributed by atoms with Crippen LogP contribution in [-0.4, -0.2) is 21.5 Å². The second-order valence-electron chi connectivity index (χ2n) is 4.85. The Morgan fingerprint density at radius 1 is 1.17 bits per heavy atom. The van der Waals surface area contributed by atoms with Gasteiger partial charge in [0.25, 0.3) is 0 Å². The average molecular weight is 365 g/mol. The molecule has 0 saturated heterocycles. The number of pyridine rings is 1. The fraction of sp³-hybridized carbons (Fsp3) is 0.357. The summed E-state index contributed by atoms with van der Waals surface area (Å²) in [5.74, 6) is 1.04. The number of nitrogens with one attached hydrogen (secondary N) is 1. The molecule has 0 aromatic carbocycles. The van der Waals surface area contributed by atoms with Crippen molar-refractivity contribution in [2.24, 2.45) is 0 Å². The van der Waals surface area contributed by atoms with Crippen molar-refractivity contribution in [3.05, 3.63) is 45.1 Å². The van der Waals surface area contributed by atoms with Crippen LogP contribution in [0.3, 0.4) is 0 Å². The molecule has 4 nitrogen and oxygen atoms in total. The van der Waals surface area contributed by atoms with Crippen molar-refractivity contribution in [2.45, 2.75) is 26.4 Å². The van der Waals surface area contributed by atoms with Crippen molar-refractivity contribution in [1.82, 2.24) is 15.0 Å². The molecule has 0 atom stereocenters. The summed E-state index contributed by atoms with van der Waals surface area (Å²) in [6, 6.07) is 0.871. The molecule has 23 heavy (non-hydrogen) atoms. The first-order valence-corrected chi connectivity index (χ1v) is 7.40. The van der Waals surface area contributed by atoms with Crippen LogP contribution in [0, 0.1) is 13.8 Å². The first kappa shape index (κ1) is 17.7. The lowest BCUT2D eigenvalue weighted by Gasteiger charge is -2.11. The molecule has 2 rings (SSSR count). The Balaban J connectivity index is 2.05. The van der Waals surface area contributed by atoms with Crippen LogP contribution >= 0.6 is 23.2 Å². The van der Waals surface area contributed by atoms with Crippen LogP contribution in [-0.2, 0) is 12.6 Å². The van der Waals surface area contributed by atoms with Crippen LogP contribution < -0.4 is 5.32 Å². The molecule has 0 aliphatic heterocycles. The molecule has 0 unspecified atom stereocenters. The van der Waals surface area contributed by atoms with Crippen LogP contribution in [0.1, 0.15) is 22.8 Å². The predicted octanol–water partition coefficient (Wildman–Crippen LogP) is 4.47. The number of rotatable bonds is 4. The third-order valence-electron chi connectivity index (χ3n) is 3.03. The zero-order chi connectivity index (χ0) is 17.2. The highest BCUT2D eigenvalue weighted by Gasteiger charge is 2.31. The number of aryl methyl sites for hydroxylation is 2. The third-order valence-corrected chi connectivity index (χ3v) is 3.81. The molecule has 2 aromatic rings. The molecular weight excluding hydrogens is 352 g/mol. The van der Waals surface area contributed by atoms with Gasteiger partial charge in [-0.05, 0) is 19.9 Å². The van der Waals surface area contributed by atoms with Crippen LogP contribution in [0.5, 0.6) is 0 Å². The van der Waals surface area contributed by atoms with E-state index in [1.54, 1.807) is 13.8 Å². The molecule has 0 bridgehead atoms. The number of anilines is 1. The van der Waals surface area contributed by atoms with E-state index in [0.29, 0.717) is 41.0 Å². The topological polar surface area (TPSA) is 50.7 Å². The van der Waals surface area contributed by atoms with E-state index in [9.17, 15) is 13.2 Å². The van der Waals surface area contributed by atoms with Gasteiger partial charge in [0.1, 0.15) is 16.7 Å². The third kappa shape index (κ3) is 4.45. The molecule has 0 saturated carbocycles. The van der Waals surface area contributed by atoms with E-state index in [1.165, 1.54) is 0 Å². The van der Waals surface area contributed by atoms with Gasteiger partial charge in [0.15, 0.2) is 0 Å². The maximum Gasteiger partial charge on any atom is 0.417 e. The molecule has 0 spiro atoms. The maximum absolute atomic E-state index is 12.6. The van der Waals surface area contributed by atoms with Crippen LogP contribution in [0.25, 0.3) is 0 Å². The number of halogens is 5. The zero-order valence-corrected chi connectivity index (χ0v) is 13.8. The van der Waals surface area contributed by atoms with Gasteiger partial charge < -0.3 is 5.32 Å². The molecule has 2 aromatic heterocycles. The van der Waals surface area contributed by atoms with Crippen molar-refractivity contribution >= 4 is 29.0 Å². The summed E-state index contributed by atoms with van der Waals surface area (Å²) in [5, 5.41) is 3.39. The molecular formula is C14H13Cl2F3N4. The summed E-state index contributed by atoms with van der Waals surface area (Å²) in [7, 11) is 0. The van der Waals surface area contributed by atoms with Gasteiger partial charge in [-0.2, -0.15) is 13.2 Å². The number of hydrogen-bond acceptors (Lipinski definition) is 4. The van der Waals surface area contributed by atoms with Gasteiger partial charge in [-0.25, -0.2) is 9.97 Å². The smallest absolute Gasteiger partial charge is 0.368 e. The molecule has 0 fully saturated rings. The Morgan fingerprint density at radius 3 is 2.48 bits per heavy atom. The monoisotopic (exact) mass is 364 g/mol. The van der Waals surface area contributed by atoms with E-state index in [0.717, 1.165) is 12.3 Å². The van der Waals surface area contributed by atoms with Gasteiger partial charge in [0, 0.05) is 19.2 Å². The standard InChI is InChI=1S/C14H13Cl2F3N4/c1-7-12(16)13(23-8(2)22-7)20-4-3-11-10(15)5-9(6-21-11)14(17,18)19/h5-6H,3-4H2,1-2H3,(H,20,22,23). The minimum Gasteiger partial charge on any atom is -0.368 e. The fourth-order valence-corrected chi connectivity index (χ4v) is 2.33. The number of hydrogen-bond donors (Lipinski definition) is 1. The second kappa shape index (κ2) is 6.88. The Hall–Kier alpha value is -1.60. The van der Waals surface area contributed by atoms with Crippen LogP contribution in [0.4, 0.5) is 19.0 Å². The summed E-state index contributed by atoms with van der Waals surface area (Å²) in [6.07, 6.45) is -3.36. The highest BCUT2D eigenvalue weighted by atomic mass is 35.5. The van der Waals surface area contributed by atoms with Gasteiger partial charge in [-0.15, -0.1) is 0 Å². The van der Waals surface area contributed by atoms with Gasteiger partial charge in [-0.3, -0.25) is 4.98 Å². The SMILES string of the molecule is Cc1nc(C)c(Cl)c(NCCc2ncc(C(F)(F)F)cc2Cl)n1. The second-order valence-corrected chi connectivity index (χ2v) is 5.63.